The number of hydrogen-bond donors (Lipinski definition) is 1. The summed E-state index contributed by atoms with van der Waals surface area (Å²) in [5.74, 6) is 0.407. The van der Waals surface area contributed by atoms with E-state index in [2.05, 4.69) is 13.5 Å². The second kappa shape index (κ2) is 3.91. The highest BCUT2D eigenvalue weighted by Crippen LogP contribution is 2.24. The van der Waals surface area contributed by atoms with E-state index < -0.39 is 0 Å². The Hall–Kier alpha value is -0.300. The SMILES string of the molecule is C=C[C@H](C)C[C@@H](O)C(C)(C)C. The third-order valence-corrected chi connectivity index (χ3v) is 2.00. The largest absolute Gasteiger partial charge is 0.393 e. The lowest BCUT2D eigenvalue weighted by Gasteiger charge is -2.27. The maximum absolute atomic E-state index is 9.64. The predicted molar refractivity (Wildman–Crippen MR) is 49.4 cm³/mol. The third kappa shape index (κ3) is 4.20. The second-order valence-electron chi connectivity index (χ2n) is 4.33. The number of aliphatic hydroxyl groups excluding tert-OH is 1. The quantitative estimate of drug-likeness (QED) is 0.623. The Balaban J connectivity index is 3.87. The highest BCUT2D eigenvalue weighted by Gasteiger charge is 2.22. The molecule has 0 spiro atoms. The summed E-state index contributed by atoms with van der Waals surface area (Å²) in [5.41, 5.74) is -0.00271. The Morgan fingerprint density at radius 3 is 2.18 bits per heavy atom. The Bertz CT molecular complexity index is 121. The molecule has 11 heavy (non-hydrogen) atoms. The molecule has 0 radical (unpaired) electrons. The van der Waals surface area contributed by atoms with Crippen LogP contribution in [-0.2, 0) is 0 Å². The first-order chi connectivity index (χ1) is 4.88. The first kappa shape index (κ1) is 10.7. The molecule has 0 aromatic heterocycles. The molecule has 0 saturated heterocycles. The van der Waals surface area contributed by atoms with E-state index in [1.807, 2.05) is 26.8 Å². The fourth-order valence-electron chi connectivity index (χ4n) is 0.802. The molecule has 0 saturated carbocycles. The standard InChI is InChI=1S/C10H20O/c1-6-8(2)7-9(11)10(3,4)5/h6,8-9,11H,1,7H2,2-5H3/t8-,9+/m0/s1. The maximum atomic E-state index is 9.64. The molecule has 1 nitrogen and oxygen atoms in total. The lowest BCUT2D eigenvalue weighted by atomic mass is 9.84. The molecule has 1 N–H and O–H groups in total. The molecule has 0 aliphatic heterocycles. The Morgan fingerprint density at radius 2 is 1.91 bits per heavy atom. The minimum Gasteiger partial charge on any atom is -0.393 e. The van der Waals surface area contributed by atoms with Crippen molar-refractivity contribution in [1.82, 2.24) is 0 Å². The van der Waals surface area contributed by atoms with E-state index in [9.17, 15) is 5.11 Å². The van der Waals surface area contributed by atoms with Crippen molar-refractivity contribution in [3.05, 3.63) is 12.7 Å². The monoisotopic (exact) mass is 156 g/mol. The van der Waals surface area contributed by atoms with Crippen molar-refractivity contribution in [2.24, 2.45) is 11.3 Å². The van der Waals surface area contributed by atoms with E-state index >= 15 is 0 Å². The summed E-state index contributed by atoms with van der Waals surface area (Å²) in [6, 6.07) is 0. The summed E-state index contributed by atoms with van der Waals surface area (Å²) in [6.07, 6.45) is 2.47. The average Bonchev–Trinajstić information content (AvgIpc) is 1.85. The molecule has 0 rings (SSSR count). The summed E-state index contributed by atoms with van der Waals surface area (Å²) in [6.45, 7) is 11.9. The fourth-order valence-corrected chi connectivity index (χ4v) is 0.802. The Labute approximate surface area is 70.1 Å². The van der Waals surface area contributed by atoms with Crippen LogP contribution in [0.15, 0.2) is 12.7 Å². The van der Waals surface area contributed by atoms with Gasteiger partial charge in [-0.1, -0.05) is 33.8 Å². The van der Waals surface area contributed by atoms with Gasteiger partial charge in [0.05, 0.1) is 6.10 Å². The predicted octanol–water partition coefficient (Wildman–Crippen LogP) is 2.61. The van der Waals surface area contributed by atoms with Gasteiger partial charge in [0.1, 0.15) is 0 Å². The molecule has 0 aromatic carbocycles. The van der Waals surface area contributed by atoms with Crippen LogP contribution >= 0.6 is 0 Å². The number of allylic oxidation sites excluding steroid dienone is 1. The fraction of sp³-hybridized carbons (Fsp3) is 0.800. The Kier molecular flexibility index (Phi) is 3.81. The first-order valence-corrected chi connectivity index (χ1v) is 4.18. The second-order valence-corrected chi connectivity index (χ2v) is 4.33. The van der Waals surface area contributed by atoms with E-state index in [0.717, 1.165) is 6.42 Å². The highest BCUT2D eigenvalue weighted by molar-refractivity contribution is 4.81. The van der Waals surface area contributed by atoms with Gasteiger partial charge in [0.15, 0.2) is 0 Å². The zero-order chi connectivity index (χ0) is 9.07. The van der Waals surface area contributed by atoms with Crippen molar-refractivity contribution >= 4 is 0 Å². The molecular formula is C10H20O. The van der Waals surface area contributed by atoms with Crippen LogP contribution in [0.3, 0.4) is 0 Å². The van der Waals surface area contributed by atoms with Crippen molar-refractivity contribution in [3.8, 4) is 0 Å². The van der Waals surface area contributed by atoms with E-state index in [1.165, 1.54) is 0 Å². The van der Waals surface area contributed by atoms with Crippen LogP contribution < -0.4 is 0 Å². The molecule has 0 aliphatic rings. The highest BCUT2D eigenvalue weighted by atomic mass is 16.3. The molecule has 0 amide bonds. The topological polar surface area (TPSA) is 20.2 Å². The lowest BCUT2D eigenvalue weighted by molar-refractivity contribution is 0.0480. The van der Waals surface area contributed by atoms with Crippen LogP contribution in [0.5, 0.6) is 0 Å². The molecule has 0 bridgehead atoms. The molecule has 0 heterocycles. The first-order valence-electron chi connectivity index (χ1n) is 4.18. The Morgan fingerprint density at radius 1 is 1.45 bits per heavy atom. The van der Waals surface area contributed by atoms with Gasteiger partial charge in [-0.3, -0.25) is 0 Å². The van der Waals surface area contributed by atoms with Gasteiger partial charge < -0.3 is 5.11 Å². The molecule has 1 heteroatoms. The summed E-state index contributed by atoms with van der Waals surface area (Å²) in [4.78, 5) is 0. The minimum absolute atomic E-state index is 0.00271. The maximum Gasteiger partial charge on any atom is 0.0594 e. The number of aliphatic hydroxyl groups is 1. The van der Waals surface area contributed by atoms with Crippen LogP contribution in [0.4, 0.5) is 0 Å². The summed E-state index contributed by atoms with van der Waals surface area (Å²) >= 11 is 0. The van der Waals surface area contributed by atoms with Gasteiger partial charge in [-0.25, -0.2) is 0 Å². The van der Waals surface area contributed by atoms with Gasteiger partial charge in [0.25, 0.3) is 0 Å². The van der Waals surface area contributed by atoms with Crippen molar-refractivity contribution < 1.29 is 5.11 Å². The molecule has 66 valence electrons. The van der Waals surface area contributed by atoms with Crippen LogP contribution in [0.25, 0.3) is 0 Å². The van der Waals surface area contributed by atoms with E-state index in [4.69, 9.17) is 0 Å². The van der Waals surface area contributed by atoms with Crippen molar-refractivity contribution in [1.29, 1.82) is 0 Å². The van der Waals surface area contributed by atoms with Crippen molar-refractivity contribution in [2.75, 3.05) is 0 Å². The number of hydrogen-bond acceptors (Lipinski definition) is 1. The van der Waals surface area contributed by atoms with E-state index in [-0.39, 0.29) is 11.5 Å². The van der Waals surface area contributed by atoms with E-state index in [0.29, 0.717) is 5.92 Å². The molecule has 0 fully saturated rings. The van der Waals surface area contributed by atoms with Crippen LogP contribution in [-0.4, -0.2) is 11.2 Å². The van der Waals surface area contributed by atoms with Gasteiger partial charge in [0, 0.05) is 0 Å². The third-order valence-electron chi connectivity index (χ3n) is 2.00. The van der Waals surface area contributed by atoms with Gasteiger partial charge in [0.2, 0.25) is 0 Å². The number of rotatable bonds is 3. The summed E-state index contributed by atoms with van der Waals surface area (Å²) in [5, 5.41) is 9.64. The summed E-state index contributed by atoms with van der Waals surface area (Å²) in [7, 11) is 0. The molecular weight excluding hydrogens is 136 g/mol. The van der Waals surface area contributed by atoms with Crippen LogP contribution in [0.2, 0.25) is 0 Å². The normalized spacial score (nSPS) is 17.5. The molecule has 0 aliphatic carbocycles. The van der Waals surface area contributed by atoms with Crippen LogP contribution in [0, 0.1) is 11.3 Å². The van der Waals surface area contributed by atoms with Gasteiger partial charge in [-0.15, -0.1) is 6.58 Å². The molecule has 2 atom stereocenters. The minimum atomic E-state index is -0.226. The average molecular weight is 156 g/mol. The van der Waals surface area contributed by atoms with E-state index in [1.54, 1.807) is 0 Å². The zero-order valence-electron chi connectivity index (χ0n) is 8.09. The van der Waals surface area contributed by atoms with Crippen molar-refractivity contribution in [3.63, 3.8) is 0 Å². The van der Waals surface area contributed by atoms with Gasteiger partial charge >= 0.3 is 0 Å². The smallest absolute Gasteiger partial charge is 0.0594 e. The lowest BCUT2D eigenvalue weighted by Crippen LogP contribution is -2.27. The molecule has 0 unspecified atom stereocenters. The van der Waals surface area contributed by atoms with Crippen molar-refractivity contribution in [2.45, 2.75) is 40.2 Å². The van der Waals surface area contributed by atoms with Gasteiger partial charge in [-0.05, 0) is 17.8 Å². The zero-order valence-corrected chi connectivity index (χ0v) is 8.09. The van der Waals surface area contributed by atoms with Gasteiger partial charge in [-0.2, -0.15) is 0 Å². The summed E-state index contributed by atoms with van der Waals surface area (Å²) < 4.78 is 0. The van der Waals surface area contributed by atoms with Crippen LogP contribution in [0.1, 0.15) is 34.1 Å². The molecule has 0 aromatic rings.